The molecule has 0 amide bonds. The summed E-state index contributed by atoms with van der Waals surface area (Å²) in [7, 11) is 0. The molecule has 4 nitrogen and oxygen atoms in total. The Hall–Kier alpha value is -5.35. The van der Waals surface area contributed by atoms with E-state index in [-0.39, 0.29) is 0 Å². The van der Waals surface area contributed by atoms with E-state index in [0.29, 0.717) is 6.01 Å². The van der Waals surface area contributed by atoms with Crippen LogP contribution in [0.3, 0.4) is 0 Å². The van der Waals surface area contributed by atoms with Crippen LogP contribution in [0, 0.1) is 0 Å². The van der Waals surface area contributed by atoms with E-state index in [1.807, 2.05) is 24.3 Å². The zero-order chi connectivity index (χ0) is 25.5. The van der Waals surface area contributed by atoms with E-state index < -0.39 is 0 Å². The molecule has 0 aliphatic carbocycles. The maximum atomic E-state index is 6.32. The minimum absolute atomic E-state index is 0.581. The molecular formula is C35H21N3O. The number of fused-ring (bicyclic) bond motifs is 10. The van der Waals surface area contributed by atoms with Crippen molar-refractivity contribution in [2.75, 3.05) is 0 Å². The third-order valence-electron chi connectivity index (χ3n) is 7.94. The lowest BCUT2D eigenvalue weighted by Crippen LogP contribution is -1.95. The van der Waals surface area contributed by atoms with Crippen LogP contribution < -0.4 is 0 Å². The van der Waals surface area contributed by atoms with Crippen LogP contribution in [0.5, 0.6) is 0 Å². The molecule has 9 rings (SSSR count). The normalized spacial score (nSPS) is 12.1. The van der Waals surface area contributed by atoms with Gasteiger partial charge in [-0.1, -0.05) is 84.9 Å². The number of nitrogens with zero attached hydrogens (tertiary/aromatic N) is 3. The van der Waals surface area contributed by atoms with Gasteiger partial charge in [0.15, 0.2) is 5.58 Å². The quantitative estimate of drug-likeness (QED) is 0.238. The highest BCUT2D eigenvalue weighted by molar-refractivity contribution is 6.30. The largest absolute Gasteiger partial charge is 0.423 e. The Morgan fingerprint density at radius 3 is 2.03 bits per heavy atom. The van der Waals surface area contributed by atoms with Gasteiger partial charge in [0.25, 0.3) is 0 Å². The molecule has 0 fully saturated rings. The van der Waals surface area contributed by atoms with Crippen molar-refractivity contribution < 1.29 is 4.42 Å². The van der Waals surface area contributed by atoms with E-state index in [1.54, 1.807) is 0 Å². The highest BCUT2D eigenvalue weighted by Crippen LogP contribution is 2.43. The molecule has 182 valence electrons. The molecular weight excluding hydrogens is 478 g/mol. The Bertz CT molecular complexity index is 2360. The Morgan fingerprint density at radius 1 is 0.487 bits per heavy atom. The van der Waals surface area contributed by atoms with Crippen molar-refractivity contribution in [2.24, 2.45) is 0 Å². The number of benzene rings is 6. The average molecular weight is 500 g/mol. The first-order valence-electron chi connectivity index (χ1n) is 13.2. The molecule has 4 heteroatoms. The van der Waals surface area contributed by atoms with Gasteiger partial charge in [0.05, 0.1) is 22.1 Å². The van der Waals surface area contributed by atoms with E-state index in [1.165, 1.54) is 43.4 Å². The molecule has 0 aliphatic heterocycles. The lowest BCUT2D eigenvalue weighted by Gasteiger charge is -2.11. The standard InChI is InChI=1S/C35H21N3O/c1-2-10-23(11-3-1)37-28-15-7-4-12-24(28)25-20-18-22-19-21-30-33(32(22)34(25)37)26-13-5-8-16-29(26)38(30)35-36-27-14-6-9-17-31(27)39-35/h1-21H. The molecule has 0 unspecified atom stereocenters. The maximum Gasteiger partial charge on any atom is 0.307 e. The fourth-order valence-corrected chi connectivity index (χ4v) is 6.33. The van der Waals surface area contributed by atoms with Gasteiger partial charge in [-0.05, 0) is 47.9 Å². The van der Waals surface area contributed by atoms with Gasteiger partial charge in [-0.25, -0.2) is 0 Å². The Labute approximate surface area is 222 Å². The predicted molar refractivity (Wildman–Crippen MR) is 160 cm³/mol. The fraction of sp³-hybridized carbons (Fsp3) is 0. The first kappa shape index (κ1) is 20.7. The molecule has 0 bridgehead atoms. The Morgan fingerprint density at radius 2 is 1.18 bits per heavy atom. The molecule has 9 aromatic rings. The highest BCUT2D eigenvalue weighted by Gasteiger charge is 2.22. The minimum atomic E-state index is 0.581. The molecule has 0 saturated heterocycles. The van der Waals surface area contributed by atoms with Crippen molar-refractivity contribution in [1.29, 1.82) is 0 Å². The second-order valence-corrected chi connectivity index (χ2v) is 10.0. The molecule has 0 atom stereocenters. The van der Waals surface area contributed by atoms with Crippen LogP contribution in [0.25, 0.3) is 77.2 Å². The first-order chi connectivity index (χ1) is 19.4. The number of hydrogen-bond donors (Lipinski definition) is 0. The molecule has 0 radical (unpaired) electrons. The lowest BCUT2D eigenvalue weighted by molar-refractivity contribution is 0.574. The van der Waals surface area contributed by atoms with E-state index in [9.17, 15) is 0 Å². The maximum absolute atomic E-state index is 6.32. The van der Waals surface area contributed by atoms with Gasteiger partial charge in [0.2, 0.25) is 0 Å². The molecule has 39 heavy (non-hydrogen) atoms. The predicted octanol–water partition coefficient (Wildman–Crippen LogP) is 9.18. The molecule has 0 spiro atoms. The molecule has 6 aromatic carbocycles. The monoisotopic (exact) mass is 499 g/mol. The molecule has 3 aromatic heterocycles. The molecule has 0 N–H and O–H groups in total. The molecule has 0 aliphatic rings. The molecule has 3 heterocycles. The van der Waals surface area contributed by atoms with Gasteiger partial charge in [-0.3, -0.25) is 4.57 Å². The third kappa shape index (κ3) is 2.75. The number of hydrogen-bond acceptors (Lipinski definition) is 2. The van der Waals surface area contributed by atoms with E-state index in [0.717, 1.165) is 27.8 Å². The second kappa shape index (κ2) is 7.59. The summed E-state index contributed by atoms with van der Waals surface area (Å²) in [6.45, 7) is 0. The summed E-state index contributed by atoms with van der Waals surface area (Å²) in [4.78, 5) is 4.89. The van der Waals surface area contributed by atoms with Crippen molar-refractivity contribution >= 4 is 65.5 Å². The topological polar surface area (TPSA) is 35.9 Å². The van der Waals surface area contributed by atoms with Gasteiger partial charge >= 0.3 is 6.01 Å². The lowest BCUT2D eigenvalue weighted by atomic mass is 10.0. The molecule has 0 saturated carbocycles. The van der Waals surface area contributed by atoms with Crippen molar-refractivity contribution in [3.05, 3.63) is 127 Å². The summed E-state index contributed by atoms with van der Waals surface area (Å²) in [5, 5.41) is 7.31. The number of oxazole rings is 1. The zero-order valence-electron chi connectivity index (χ0n) is 20.9. The smallest absolute Gasteiger partial charge is 0.307 e. The number of rotatable bonds is 2. The van der Waals surface area contributed by atoms with Crippen LogP contribution in [0.1, 0.15) is 0 Å². The van der Waals surface area contributed by atoms with Crippen LogP contribution >= 0.6 is 0 Å². The van der Waals surface area contributed by atoms with Crippen LogP contribution in [-0.2, 0) is 0 Å². The minimum Gasteiger partial charge on any atom is -0.423 e. The van der Waals surface area contributed by atoms with Crippen LogP contribution in [0.15, 0.2) is 132 Å². The average Bonchev–Trinajstić information content (AvgIpc) is 3.67. The van der Waals surface area contributed by atoms with Gasteiger partial charge < -0.3 is 8.98 Å². The summed E-state index contributed by atoms with van der Waals surface area (Å²) in [5.74, 6) is 0. The van der Waals surface area contributed by atoms with E-state index in [2.05, 4.69) is 112 Å². The number of aromatic nitrogens is 3. The summed E-state index contributed by atoms with van der Waals surface area (Å²) in [6, 6.07) is 45.4. The van der Waals surface area contributed by atoms with Crippen molar-refractivity contribution in [3.63, 3.8) is 0 Å². The number of para-hydroxylation sites is 5. The van der Waals surface area contributed by atoms with Crippen LogP contribution in [-0.4, -0.2) is 14.1 Å². The van der Waals surface area contributed by atoms with Crippen molar-refractivity contribution in [1.82, 2.24) is 14.1 Å². The van der Waals surface area contributed by atoms with Crippen LogP contribution in [0.2, 0.25) is 0 Å². The summed E-state index contributed by atoms with van der Waals surface area (Å²) >= 11 is 0. The van der Waals surface area contributed by atoms with E-state index >= 15 is 0 Å². The van der Waals surface area contributed by atoms with Crippen molar-refractivity contribution in [2.45, 2.75) is 0 Å². The van der Waals surface area contributed by atoms with Gasteiger partial charge in [-0.2, -0.15) is 4.98 Å². The van der Waals surface area contributed by atoms with E-state index in [4.69, 9.17) is 9.40 Å². The Kier molecular flexibility index (Phi) is 4.02. The van der Waals surface area contributed by atoms with Gasteiger partial charge in [0.1, 0.15) is 5.52 Å². The summed E-state index contributed by atoms with van der Waals surface area (Å²) < 4.78 is 10.9. The van der Waals surface area contributed by atoms with Crippen LogP contribution in [0.4, 0.5) is 0 Å². The fourth-order valence-electron chi connectivity index (χ4n) is 6.33. The zero-order valence-corrected chi connectivity index (χ0v) is 20.9. The van der Waals surface area contributed by atoms with Gasteiger partial charge in [-0.15, -0.1) is 0 Å². The second-order valence-electron chi connectivity index (χ2n) is 10.0. The summed E-state index contributed by atoms with van der Waals surface area (Å²) in [6.07, 6.45) is 0. The van der Waals surface area contributed by atoms with Gasteiger partial charge in [0, 0.05) is 32.6 Å². The summed E-state index contributed by atoms with van der Waals surface area (Å²) in [5.41, 5.74) is 7.35. The highest BCUT2D eigenvalue weighted by atomic mass is 16.4. The SMILES string of the molecule is c1ccc(-n2c3ccccc3c3ccc4ccc5c(c6ccccc6n5-c5nc6ccccc6o5)c4c32)cc1. The Balaban J connectivity index is 1.53. The van der Waals surface area contributed by atoms with Crippen molar-refractivity contribution in [3.8, 4) is 11.7 Å². The third-order valence-corrected chi connectivity index (χ3v) is 7.94. The first-order valence-corrected chi connectivity index (χ1v) is 13.2.